The monoisotopic (exact) mass is 457 g/mol. The van der Waals surface area contributed by atoms with E-state index in [1.807, 2.05) is 35.0 Å². The third-order valence-corrected chi connectivity index (χ3v) is 6.60. The highest BCUT2D eigenvalue weighted by Gasteiger charge is 2.39. The molecule has 1 saturated heterocycles. The van der Waals surface area contributed by atoms with E-state index >= 15 is 0 Å². The zero-order chi connectivity index (χ0) is 24.1. The van der Waals surface area contributed by atoms with Gasteiger partial charge in [0, 0.05) is 41.9 Å². The molecule has 34 heavy (non-hydrogen) atoms. The summed E-state index contributed by atoms with van der Waals surface area (Å²) in [5.41, 5.74) is 2.85. The molecule has 4 aromatic rings. The van der Waals surface area contributed by atoms with Crippen molar-refractivity contribution >= 4 is 16.7 Å². The van der Waals surface area contributed by atoms with Crippen molar-refractivity contribution in [2.45, 2.75) is 57.7 Å². The minimum absolute atomic E-state index is 0.0457. The lowest BCUT2D eigenvalue weighted by atomic mass is 9.79. The zero-order valence-corrected chi connectivity index (χ0v) is 20.3. The lowest BCUT2D eigenvalue weighted by Crippen LogP contribution is -2.62. The van der Waals surface area contributed by atoms with Crippen molar-refractivity contribution in [3.8, 4) is 22.7 Å². The Kier molecular flexibility index (Phi) is 5.28. The SMILES string of the molecule is CN(c1ccc(-c2c(O)ccc3cc(-n4ccnc4)cnc23)nn1)C1CC(C)(C)NC(C)(C)C1. The number of hydrogen-bond acceptors (Lipinski definition) is 7. The number of pyridine rings is 1. The molecule has 8 heteroatoms. The van der Waals surface area contributed by atoms with Gasteiger partial charge in [0.25, 0.3) is 0 Å². The van der Waals surface area contributed by atoms with Gasteiger partial charge in [0.1, 0.15) is 5.75 Å². The highest BCUT2D eigenvalue weighted by atomic mass is 16.3. The van der Waals surface area contributed by atoms with Crippen LogP contribution in [0.15, 0.2) is 55.2 Å². The summed E-state index contributed by atoms with van der Waals surface area (Å²) >= 11 is 0. The van der Waals surface area contributed by atoms with Gasteiger partial charge in [-0.25, -0.2) is 4.98 Å². The maximum Gasteiger partial charge on any atom is 0.151 e. The summed E-state index contributed by atoms with van der Waals surface area (Å²) in [6, 6.07) is 9.79. The van der Waals surface area contributed by atoms with Crippen LogP contribution in [0.3, 0.4) is 0 Å². The summed E-state index contributed by atoms with van der Waals surface area (Å²) in [4.78, 5) is 11.0. The van der Waals surface area contributed by atoms with Crippen molar-refractivity contribution in [1.82, 2.24) is 30.0 Å². The molecule has 2 N–H and O–H groups in total. The van der Waals surface area contributed by atoms with E-state index in [4.69, 9.17) is 0 Å². The molecule has 0 bridgehead atoms. The number of phenolic OH excluding ortho intramolecular Hbond substituents is 1. The smallest absolute Gasteiger partial charge is 0.151 e. The molecule has 0 radical (unpaired) electrons. The molecule has 0 amide bonds. The van der Waals surface area contributed by atoms with Crippen molar-refractivity contribution in [3.63, 3.8) is 0 Å². The van der Waals surface area contributed by atoms with E-state index in [1.165, 1.54) is 0 Å². The average molecular weight is 458 g/mol. The molecular weight excluding hydrogens is 426 g/mol. The quantitative estimate of drug-likeness (QED) is 0.471. The van der Waals surface area contributed by atoms with Crippen LogP contribution in [-0.2, 0) is 0 Å². The summed E-state index contributed by atoms with van der Waals surface area (Å²) < 4.78 is 1.90. The van der Waals surface area contributed by atoms with Gasteiger partial charge in [-0.15, -0.1) is 10.2 Å². The number of fused-ring (bicyclic) bond motifs is 1. The Morgan fingerprint density at radius 2 is 1.82 bits per heavy atom. The molecular formula is C26H31N7O. The lowest BCUT2D eigenvalue weighted by Gasteiger charge is -2.49. The van der Waals surface area contributed by atoms with E-state index in [9.17, 15) is 5.11 Å². The van der Waals surface area contributed by atoms with Crippen LogP contribution in [0, 0.1) is 0 Å². The Labute approximate surface area is 199 Å². The Morgan fingerprint density at radius 1 is 1.06 bits per heavy atom. The third-order valence-electron chi connectivity index (χ3n) is 6.60. The molecule has 0 atom stereocenters. The minimum Gasteiger partial charge on any atom is -0.507 e. The predicted molar refractivity (Wildman–Crippen MR) is 134 cm³/mol. The summed E-state index contributed by atoms with van der Waals surface area (Å²) in [7, 11) is 2.08. The first kappa shape index (κ1) is 22.3. The molecule has 3 aromatic heterocycles. The van der Waals surface area contributed by atoms with Crippen molar-refractivity contribution in [3.05, 3.63) is 55.2 Å². The van der Waals surface area contributed by atoms with Gasteiger partial charge >= 0.3 is 0 Å². The van der Waals surface area contributed by atoms with E-state index < -0.39 is 0 Å². The minimum atomic E-state index is 0.0457. The zero-order valence-electron chi connectivity index (χ0n) is 20.3. The maximum absolute atomic E-state index is 10.7. The normalized spacial score (nSPS) is 17.7. The molecule has 5 rings (SSSR count). The number of nitrogens with one attached hydrogen (secondary N) is 1. The van der Waals surface area contributed by atoms with Crippen LogP contribution in [0.5, 0.6) is 5.75 Å². The Balaban J connectivity index is 1.46. The molecule has 1 aliphatic rings. The second-order valence-electron chi connectivity index (χ2n) is 10.5. The van der Waals surface area contributed by atoms with Crippen LogP contribution in [0.4, 0.5) is 5.82 Å². The molecule has 0 unspecified atom stereocenters. The van der Waals surface area contributed by atoms with E-state index in [0.29, 0.717) is 22.8 Å². The van der Waals surface area contributed by atoms with Crippen molar-refractivity contribution in [2.24, 2.45) is 0 Å². The number of nitrogens with zero attached hydrogens (tertiary/aromatic N) is 6. The number of imidazole rings is 1. The van der Waals surface area contributed by atoms with E-state index in [2.05, 4.69) is 65.1 Å². The Bertz CT molecular complexity index is 1300. The second kappa shape index (κ2) is 8.06. The number of piperidine rings is 1. The number of anilines is 1. The summed E-state index contributed by atoms with van der Waals surface area (Å²) in [6.07, 6.45) is 9.13. The number of rotatable bonds is 4. The first-order valence-corrected chi connectivity index (χ1v) is 11.6. The van der Waals surface area contributed by atoms with Gasteiger partial charge in [-0.3, -0.25) is 4.98 Å². The molecule has 0 aliphatic carbocycles. The van der Waals surface area contributed by atoms with Crippen LogP contribution in [0.2, 0.25) is 0 Å². The highest BCUT2D eigenvalue weighted by molar-refractivity contribution is 5.96. The van der Waals surface area contributed by atoms with E-state index in [-0.39, 0.29) is 16.8 Å². The average Bonchev–Trinajstić information content (AvgIpc) is 3.31. The summed E-state index contributed by atoms with van der Waals surface area (Å²) in [5, 5.41) is 24.3. The Hall–Kier alpha value is -3.52. The fourth-order valence-electron chi connectivity index (χ4n) is 5.36. The molecule has 0 saturated carbocycles. The van der Waals surface area contributed by atoms with Gasteiger partial charge in [-0.2, -0.15) is 0 Å². The molecule has 4 heterocycles. The van der Waals surface area contributed by atoms with Crippen LogP contribution in [0.1, 0.15) is 40.5 Å². The van der Waals surface area contributed by atoms with Gasteiger partial charge in [-0.1, -0.05) is 0 Å². The van der Waals surface area contributed by atoms with E-state index in [1.54, 1.807) is 24.8 Å². The van der Waals surface area contributed by atoms with Crippen LogP contribution < -0.4 is 10.2 Å². The number of phenols is 1. The second-order valence-corrected chi connectivity index (χ2v) is 10.5. The summed E-state index contributed by atoms with van der Waals surface area (Å²) in [6.45, 7) is 8.99. The first-order valence-electron chi connectivity index (χ1n) is 11.6. The number of hydrogen-bond donors (Lipinski definition) is 2. The lowest BCUT2D eigenvalue weighted by molar-refractivity contribution is 0.160. The molecule has 0 spiro atoms. The fourth-order valence-corrected chi connectivity index (χ4v) is 5.36. The Morgan fingerprint density at radius 3 is 2.47 bits per heavy atom. The van der Waals surface area contributed by atoms with Crippen molar-refractivity contribution in [2.75, 3.05) is 11.9 Å². The van der Waals surface area contributed by atoms with E-state index in [0.717, 1.165) is 29.7 Å². The molecule has 1 aromatic carbocycles. The largest absolute Gasteiger partial charge is 0.507 e. The molecule has 1 aliphatic heterocycles. The standard InChI is InChI=1S/C26H31N7O/c1-25(2)13-19(14-26(3,4)31-25)32(5)22-9-7-20(29-30-22)23-21(34)8-6-17-12-18(15-28-24(17)23)33-11-10-27-16-33/h6-12,15-16,19,31,34H,13-14H2,1-5H3. The number of aromatic nitrogens is 5. The van der Waals surface area contributed by atoms with Crippen molar-refractivity contribution in [1.29, 1.82) is 0 Å². The van der Waals surface area contributed by atoms with Crippen LogP contribution in [-0.4, -0.2) is 54.0 Å². The van der Waals surface area contributed by atoms with Crippen LogP contribution in [0.25, 0.3) is 27.8 Å². The highest BCUT2D eigenvalue weighted by Crippen LogP contribution is 2.36. The molecule has 8 nitrogen and oxygen atoms in total. The van der Waals surface area contributed by atoms with Gasteiger partial charge < -0.3 is 19.9 Å². The first-order chi connectivity index (χ1) is 16.1. The summed E-state index contributed by atoms with van der Waals surface area (Å²) in [5.74, 6) is 0.949. The maximum atomic E-state index is 10.7. The number of aromatic hydroxyl groups is 1. The molecule has 1 fully saturated rings. The van der Waals surface area contributed by atoms with Crippen LogP contribution >= 0.6 is 0 Å². The van der Waals surface area contributed by atoms with Gasteiger partial charge in [0.05, 0.1) is 35.0 Å². The third kappa shape index (κ3) is 4.21. The van der Waals surface area contributed by atoms with Gasteiger partial charge in [0.15, 0.2) is 5.82 Å². The van der Waals surface area contributed by atoms with Crippen molar-refractivity contribution < 1.29 is 5.11 Å². The topological polar surface area (TPSA) is 92.0 Å². The fraction of sp³-hybridized carbons (Fsp3) is 0.385. The van der Waals surface area contributed by atoms with Gasteiger partial charge in [-0.05, 0) is 70.9 Å². The molecule has 176 valence electrons. The number of benzene rings is 1. The van der Waals surface area contributed by atoms with Gasteiger partial charge in [0.2, 0.25) is 0 Å². The predicted octanol–water partition coefficient (Wildman–Crippen LogP) is 4.33.